The maximum atomic E-state index is 4.39. The van der Waals surface area contributed by atoms with Gasteiger partial charge in [0.05, 0.1) is 0 Å². The number of nitrogens with one attached hydrogen (secondary N) is 1. The van der Waals surface area contributed by atoms with Gasteiger partial charge in [-0.1, -0.05) is 30.3 Å². The van der Waals surface area contributed by atoms with Crippen molar-refractivity contribution in [2.75, 3.05) is 5.32 Å². The number of aryl methyl sites for hydroxylation is 2. The summed E-state index contributed by atoms with van der Waals surface area (Å²) in [7, 11) is 0. The molecule has 1 aromatic heterocycles. The fraction of sp³-hybridized carbons (Fsp3) is 0.312. The van der Waals surface area contributed by atoms with E-state index in [2.05, 4.69) is 59.7 Å². The molecule has 1 atom stereocenters. The molecule has 0 aliphatic carbocycles. The van der Waals surface area contributed by atoms with Crippen LogP contribution in [0.3, 0.4) is 0 Å². The normalized spacial score (nSPS) is 12.2. The first-order chi connectivity index (χ1) is 8.63. The molecule has 0 bridgehead atoms. The smallest absolute Gasteiger partial charge is 0.0396 e. The molecule has 18 heavy (non-hydrogen) atoms. The van der Waals surface area contributed by atoms with Gasteiger partial charge in [0.25, 0.3) is 0 Å². The number of nitrogens with zero attached hydrogens (tertiary/aromatic N) is 1. The lowest BCUT2D eigenvalue weighted by molar-refractivity contribution is 0.789. The van der Waals surface area contributed by atoms with Gasteiger partial charge in [0, 0.05) is 23.1 Å². The Bertz CT molecular complexity index is 486. The second kappa shape index (κ2) is 5.67. The fourth-order valence-electron chi connectivity index (χ4n) is 2.22. The summed E-state index contributed by atoms with van der Waals surface area (Å²) in [6.45, 7) is 6.26. The van der Waals surface area contributed by atoms with E-state index in [1.165, 1.54) is 5.56 Å². The van der Waals surface area contributed by atoms with Crippen LogP contribution >= 0.6 is 0 Å². The zero-order valence-corrected chi connectivity index (χ0v) is 11.3. The number of rotatable bonds is 4. The van der Waals surface area contributed by atoms with E-state index in [1.807, 2.05) is 13.8 Å². The molecule has 0 fully saturated rings. The quantitative estimate of drug-likeness (QED) is 0.880. The molecule has 0 saturated heterocycles. The van der Waals surface area contributed by atoms with Crippen molar-refractivity contribution in [1.82, 2.24) is 4.98 Å². The minimum atomic E-state index is 0.411. The molecule has 1 N–H and O–H groups in total. The van der Waals surface area contributed by atoms with Crippen LogP contribution in [-0.4, -0.2) is 11.0 Å². The Labute approximate surface area is 109 Å². The lowest BCUT2D eigenvalue weighted by Crippen LogP contribution is -2.18. The van der Waals surface area contributed by atoms with Crippen molar-refractivity contribution in [2.24, 2.45) is 0 Å². The van der Waals surface area contributed by atoms with Gasteiger partial charge >= 0.3 is 0 Å². The lowest BCUT2D eigenvalue weighted by Gasteiger charge is -2.16. The van der Waals surface area contributed by atoms with Crippen LogP contribution in [0.4, 0.5) is 5.69 Å². The third-order valence-corrected chi connectivity index (χ3v) is 2.88. The van der Waals surface area contributed by atoms with Crippen molar-refractivity contribution < 1.29 is 0 Å². The molecule has 2 heteroatoms. The van der Waals surface area contributed by atoms with Gasteiger partial charge in [-0.25, -0.2) is 0 Å². The molecule has 0 radical (unpaired) electrons. The molecule has 2 rings (SSSR count). The maximum absolute atomic E-state index is 4.39. The van der Waals surface area contributed by atoms with Gasteiger partial charge in [0.1, 0.15) is 0 Å². The van der Waals surface area contributed by atoms with Gasteiger partial charge in [-0.3, -0.25) is 4.98 Å². The molecule has 2 nitrogen and oxygen atoms in total. The molecule has 94 valence electrons. The summed E-state index contributed by atoms with van der Waals surface area (Å²) in [6.07, 6.45) is 1.03. The Morgan fingerprint density at radius 2 is 1.67 bits per heavy atom. The largest absolute Gasteiger partial charge is 0.382 e. The van der Waals surface area contributed by atoms with E-state index in [9.17, 15) is 0 Å². The molecular weight excluding hydrogens is 220 g/mol. The van der Waals surface area contributed by atoms with Gasteiger partial charge < -0.3 is 5.32 Å². The van der Waals surface area contributed by atoms with E-state index in [1.54, 1.807) is 0 Å². The van der Waals surface area contributed by atoms with Crippen LogP contribution in [0.1, 0.15) is 23.9 Å². The predicted octanol–water partition coefficient (Wildman–Crippen LogP) is 3.74. The molecule has 1 heterocycles. The summed E-state index contributed by atoms with van der Waals surface area (Å²) >= 11 is 0. The van der Waals surface area contributed by atoms with Crippen molar-refractivity contribution in [3.8, 4) is 0 Å². The Balaban J connectivity index is 2.01. The summed E-state index contributed by atoms with van der Waals surface area (Å²) in [5.74, 6) is 0. The molecule has 0 aliphatic rings. The van der Waals surface area contributed by atoms with E-state index >= 15 is 0 Å². The number of hydrogen-bond donors (Lipinski definition) is 1. The van der Waals surface area contributed by atoms with Crippen molar-refractivity contribution in [3.63, 3.8) is 0 Å². The highest BCUT2D eigenvalue weighted by Crippen LogP contribution is 2.13. The van der Waals surface area contributed by atoms with Crippen molar-refractivity contribution in [1.29, 1.82) is 0 Å². The zero-order chi connectivity index (χ0) is 13.0. The Morgan fingerprint density at radius 3 is 2.28 bits per heavy atom. The summed E-state index contributed by atoms with van der Waals surface area (Å²) in [4.78, 5) is 4.39. The third kappa shape index (κ3) is 3.59. The van der Waals surface area contributed by atoms with E-state index in [-0.39, 0.29) is 0 Å². The van der Waals surface area contributed by atoms with Crippen molar-refractivity contribution in [2.45, 2.75) is 33.2 Å². The number of pyridine rings is 1. The molecule has 1 aromatic carbocycles. The Hall–Kier alpha value is -1.83. The molecule has 0 saturated carbocycles. The van der Waals surface area contributed by atoms with Gasteiger partial charge in [0.15, 0.2) is 0 Å². The first-order valence-corrected chi connectivity index (χ1v) is 6.39. The standard InChI is InChI=1S/C16H20N2/c1-12(9-15-7-5-4-6-8-15)18-16-10-13(2)17-14(3)11-16/h4-8,10-12H,9H2,1-3H3,(H,17,18). The Kier molecular flexibility index (Phi) is 3.98. The molecule has 0 aliphatic heterocycles. The Morgan fingerprint density at radius 1 is 1.06 bits per heavy atom. The van der Waals surface area contributed by atoms with Crippen LogP contribution in [0.5, 0.6) is 0 Å². The van der Waals surface area contributed by atoms with Crippen LogP contribution in [0, 0.1) is 13.8 Å². The average Bonchev–Trinajstić information content (AvgIpc) is 2.28. The summed E-state index contributed by atoms with van der Waals surface area (Å²) in [6, 6.07) is 15.2. The SMILES string of the molecule is Cc1cc(NC(C)Cc2ccccc2)cc(C)n1. The van der Waals surface area contributed by atoms with Crippen LogP contribution in [0.15, 0.2) is 42.5 Å². The molecule has 1 unspecified atom stereocenters. The fourth-order valence-corrected chi connectivity index (χ4v) is 2.22. The molecular formula is C16H20N2. The minimum Gasteiger partial charge on any atom is -0.382 e. The second-order valence-electron chi connectivity index (χ2n) is 4.87. The second-order valence-corrected chi connectivity index (χ2v) is 4.87. The zero-order valence-electron chi connectivity index (χ0n) is 11.3. The van der Waals surface area contributed by atoms with Crippen molar-refractivity contribution in [3.05, 3.63) is 59.4 Å². The van der Waals surface area contributed by atoms with Gasteiger partial charge in [-0.05, 0) is 44.9 Å². The summed E-state index contributed by atoms with van der Waals surface area (Å²) in [5.41, 5.74) is 4.64. The lowest BCUT2D eigenvalue weighted by atomic mass is 10.1. The van der Waals surface area contributed by atoms with Gasteiger partial charge in [-0.2, -0.15) is 0 Å². The number of aromatic nitrogens is 1. The molecule has 0 amide bonds. The number of hydrogen-bond acceptors (Lipinski definition) is 2. The minimum absolute atomic E-state index is 0.411. The number of anilines is 1. The third-order valence-electron chi connectivity index (χ3n) is 2.88. The first-order valence-electron chi connectivity index (χ1n) is 6.39. The first kappa shape index (κ1) is 12.6. The van der Waals surface area contributed by atoms with E-state index < -0.39 is 0 Å². The van der Waals surface area contributed by atoms with Crippen LogP contribution < -0.4 is 5.32 Å². The number of benzene rings is 1. The topological polar surface area (TPSA) is 24.9 Å². The molecule has 0 spiro atoms. The predicted molar refractivity (Wildman–Crippen MR) is 76.9 cm³/mol. The summed E-state index contributed by atoms with van der Waals surface area (Å²) in [5, 5.41) is 3.53. The van der Waals surface area contributed by atoms with Gasteiger partial charge in [-0.15, -0.1) is 0 Å². The summed E-state index contributed by atoms with van der Waals surface area (Å²) < 4.78 is 0. The van der Waals surface area contributed by atoms with Crippen molar-refractivity contribution >= 4 is 5.69 Å². The van der Waals surface area contributed by atoms with E-state index in [0.717, 1.165) is 23.5 Å². The molecule has 2 aromatic rings. The highest BCUT2D eigenvalue weighted by molar-refractivity contribution is 5.46. The highest BCUT2D eigenvalue weighted by Gasteiger charge is 2.04. The maximum Gasteiger partial charge on any atom is 0.0396 e. The van der Waals surface area contributed by atoms with Crippen LogP contribution in [0.2, 0.25) is 0 Å². The average molecular weight is 240 g/mol. The van der Waals surface area contributed by atoms with Gasteiger partial charge in [0.2, 0.25) is 0 Å². The van der Waals surface area contributed by atoms with Crippen LogP contribution in [-0.2, 0) is 6.42 Å². The monoisotopic (exact) mass is 240 g/mol. The van der Waals surface area contributed by atoms with E-state index in [4.69, 9.17) is 0 Å². The highest BCUT2D eigenvalue weighted by atomic mass is 14.9. The van der Waals surface area contributed by atoms with E-state index in [0.29, 0.717) is 6.04 Å². The van der Waals surface area contributed by atoms with Crippen LogP contribution in [0.25, 0.3) is 0 Å².